The summed E-state index contributed by atoms with van der Waals surface area (Å²) in [5.41, 5.74) is 2.73. The van der Waals surface area contributed by atoms with E-state index in [0.717, 1.165) is 26.1 Å². The van der Waals surface area contributed by atoms with Crippen LogP contribution < -0.4 is 0 Å². The lowest BCUT2D eigenvalue weighted by molar-refractivity contribution is -0.141. The van der Waals surface area contributed by atoms with Gasteiger partial charge in [0.05, 0.1) is 7.11 Å². The van der Waals surface area contributed by atoms with Gasteiger partial charge in [0.25, 0.3) is 0 Å². The molecule has 0 bridgehead atoms. The van der Waals surface area contributed by atoms with Crippen molar-refractivity contribution in [1.82, 2.24) is 4.90 Å². The van der Waals surface area contributed by atoms with E-state index in [0.29, 0.717) is 12.3 Å². The van der Waals surface area contributed by atoms with Gasteiger partial charge < -0.3 is 4.74 Å². The fourth-order valence-corrected chi connectivity index (χ4v) is 2.93. The van der Waals surface area contributed by atoms with Gasteiger partial charge in [0.15, 0.2) is 0 Å². The molecule has 0 saturated carbocycles. The Morgan fingerprint density at radius 2 is 2.10 bits per heavy atom. The highest BCUT2D eigenvalue weighted by Gasteiger charge is 2.20. The molecule has 20 heavy (non-hydrogen) atoms. The number of likely N-dealkylation sites (tertiary alicyclic amines) is 1. The number of nitrogens with zero attached hydrogens (tertiary/aromatic N) is 1. The molecule has 0 unspecified atom stereocenters. The molecule has 0 atom stereocenters. The standard InChI is InChI=1S/C17H25NO2/c1-14-4-3-5-16(12-14)13-18-10-8-15(9-11-18)6-7-17(19)20-2/h3-5,12,15H,6-11,13H2,1-2H3. The smallest absolute Gasteiger partial charge is 0.305 e. The summed E-state index contributed by atoms with van der Waals surface area (Å²) in [5.74, 6) is 0.607. The molecule has 1 aliphatic heterocycles. The number of rotatable bonds is 5. The number of hydrogen-bond acceptors (Lipinski definition) is 3. The van der Waals surface area contributed by atoms with E-state index in [1.165, 1.54) is 31.1 Å². The first-order chi connectivity index (χ1) is 9.67. The molecule has 2 rings (SSSR count). The number of esters is 1. The minimum absolute atomic E-state index is 0.0767. The van der Waals surface area contributed by atoms with Gasteiger partial charge in [-0.2, -0.15) is 0 Å². The summed E-state index contributed by atoms with van der Waals surface area (Å²) in [6.07, 6.45) is 3.94. The largest absolute Gasteiger partial charge is 0.469 e. The summed E-state index contributed by atoms with van der Waals surface area (Å²) < 4.78 is 4.70. The van der Waals surface area contributed by atoms with Crippen molar-refractivity contribution >= 4 is 5.97 Å². The van der Waals surface area contributed by atoms with Crippen molar-refractivity contribution in [3.05, 3.63) is 35.4 Å². The predicted molar refractivity (Wildman–Crippen MR) is 80.4 cm³/mol. The highest BCUT2D eigenvalue weighted by atomic mass is 16.5. The zero-order valence-corrected chi connectivity index (χ0v) is 12.6. The van der Waals surface area contributed by atoms with E-state index in [4.69, 9.17) is 4.74 Å². The zero-order chi connectivity index (χ0) is 14.4. The molecule has 110 valence electrons. The van der Waals surface area contributed by atoms with Crippen LogP contribution in [0.4, 0.5) is 0 Å². The van der Waals surface area contributed by atoms with Gasteiger partial charge in [-0.1, -0.05) is 29.8 Å². The van der Waals surface area contributed by atoms with Crippen LogP contribution in [0.2, 0.25) is 0 Å². The Labute approximate surface area is 121 Å². The first-order valence-corrected chi connectivity index (χ1v) is 7.52. The third kappa shape index (κ3) is 4.64. The van der Waals surface area contributed by atoms with E-state index in [1.54, 1.807) is 0 Å². The average molecular weight is 275 g/mol. The quantitative estimate of drug-likeness (QED) is 0.773. The second kappa shape index (κ2) is 7.44. The summed E-state index contributed by atoms with van der Waals surface area (Å²) in [6, 6.07) is 8.75. The summed E-state index contributed by atoms with van der Waals surface area (Å²) in [5, 5.41) is 0. The van der Waals surface area contributed by atoms with E-state index in [1.807, 2.05) is 0 Å². The molecule has 0 spiro atoms. The Kier molecular flexibility index (Phi) is 5.60. The van der Waals surface area contributed by atoms with Crippen molar-refractivity contribution in [2.45, 2.75) is 39.2 Å². The predicted octanol–water partition coefficient (Wildman–Crippen LogP) is 3.16. The van der Waals surface area contributed by atoms with Gasteiger partial charge >= 0.3 is 5.97 Å². The molecule has 1 fully saturated rings. The molecule has 3 nitrogen and oxygen atoms in total. The van der Waals surface area contributed by atoms with Crippen LogP contribution in [-0.4, -0.2) is 31.1 Å². The third-order valence-electron chi connectivity index (χ3n) is 4.18. The fraction of sp³-hybridized carbons (Fsp3) is 0.588. The van der Waals surface area contributed by atoms with Crippen LogP contribution in [0.3, 0.4) is 0 Å². The van der Waals surface area contributed by atoms with Crippen molar-refractivity contribution < 1.29 is 9.53 Å². The van der Waals surface area contributed by atoms with Crippen molar-refractivity contribution in [2.24, 2.45) is 5.92 Å². The Morgan fingerprint density at radius 1 is 1.35 bits per heavy atom. The summed E-state index contributed by atoms with van der Waals surface area (Å²) >= 11 is 0. The van der Waals surface area contributed by atoms with Crippen LogP contribution in [-0.2, 0) is 16.1 Å². The molecule has 3 heteroatoms. The topological polar surface area (TPSA) is 29.5 Å². The van der Waals surface area contributed by atoms with Gasteiger partial charge in [-0.05, 0) is 50.8 Å². The van der Waals surface area contributed by atoms with Crippen LogP contribution in [0.25, 0.3) is 0 Å². The number of benzene rings is 1. The van der Waals surface area contributed by atoms with Gasteiger partial charge in [0.1, 0.15) is 0 Å². The number of piperidine rings is 1. The van der Waals surface area contributed by atoms with E-state index in [2.05, 4.69) is 36.1 Å². The Bertz CT molecular complexity index is 436. The molecule has 1 aromatic rings. The van der Waals surface area contributed by atoms with E-state index in [9.17, 15) is 4.79 Å². The second-order valence-electron chi connectivity index (χ2n) is 5.82. The summed E-state index contributed by atoms with van der Waals surface area (Å²) in [6.45, 7) is 5.47. The fourth-order valence-electron chi connectivity index (χ4n) is 2.93. The molecule has 0 aliphatic carbocycles. The summed E-state index contributed by atoms with van der Waals surface area (Å²) in [4.78, 5) is 13.7. The van der Waals surface area contributed by atoms with Crippen LogP contribution >= 0.6 is 0 Å². The first-order valence-electron chi connectivity index (χ1n) is 7.52. The Hall–Kier alpha value is -1.35. The van der Waals surface area contributed by atoms with Crippen LogP contribution in [0.15, 0.2) is 24.3 Å². The van der Waals surface area contributed by atoms with Gasteiger partial charge in [-0.25, -0.2) is 0 Å². The zero-order valence-electron chi connectivity index (χ0n) is 12.6. The molecule has 0 radical (unpaired) electrons. The molecule has 0 N–H and O–H groups in total. The van der Waals surface area contributed by atoms with E-state index in [-0.39, 0.29) is 5.97 Å². The van der Waals surface area contributed by atoms with Crippen molar-refractivity contribution in [3.63, 3.8) is 0 Å². The van der Waals surface area contributed by atoms with Crippen LogP contribution in [0.1, 0.15) is 36.8 Å². The van der Waals surface area contributed by atoms with Gasteiger partial charge in [0, 0.05) is 13.0 Å². The highest BCUT2D eigenvalue weighted by Crippen LogP contribution is 2.23. The van der Waals surface area contributed by atoms with Crippen molar-refractivity contribution in [2.75, 3.05) is 20.2 Å². The SMILES string of the molecule is COC(=O)CCC1CCN(Cc2cccc(C)c2)CC1. The van der Waals surface area contributed by atoms with E-state index < -0.39 is 0 Å². The number of ether oxygens (including phenoxy) is 1. The third-order valence-corrected chi connectivity index (χ3v) is 4.18. The van der Waals surface area contributed by atoms with Crippen molar-refractivity contribution in [3.8, 4) is 0 Å². The maximum atomic E-state index is 11.2. The highest BCUT2D eigenvalue weighted by molar-refractivity contribution is 5.69. The molecular weight excluding hydrogens is 250 g/mol. The van der Waals surface area contributed by atoms with Crippen LogP contribution in [0, 0.1) is 12.8 Å². The second-order valence-corrected chi connectivity index (χ2v) is 5.82. The number of carbonyl (C=O) groups excluding carboxylic acids is 1. The number of aryl methyl sites for hydroxylation is 1. The molecule has 1 aromatic carbocycles. The van der Waals surface area contributed by atoms with Gasteiger partial charge in [0.2, 0.25) is 0 Å². The molecule has 1 saturated heterocycles. The molecule has 0 amide bonds. The minimum Gasteiger partial charge on any atom is -0.469 e. The molecule has 1 aliphatic rings. The minimum atomic E-state index is -0.0767. The Morgan fingerprint density at radius 3 is 2.75 bits per heavy atom. The summed E-state index contributed by atoms with van der Waals surface area (Å²) in [7, 11) is 1.47. The van der Waals surface area contributed by atoms with Gasteiger partial charge in [-0.3, -0.25) is 9.69 Å². The number of hydrogen-bond donors (Lipinski definition) is 0. The van der Waals surface area contributed by atoms with Crippen molar-refractivity contribution in [1.29, 1.82) is 0 Å². The van der Waals surface area contributed by atoms with E-state index >= 15 is 0 Å². The number of methoxy groups -OCH3 is 1. The lowest BCUT2D eigenvalue weighted by Crippen LogP contribution is -2.33. The molecule has 0 aromatic heterocycles. The first kappa shape index (κ1) is 15.0. The maximum Gasteiger partial charge on any atom is 0.305 e. The normalized spacial score (nSPS) is 17.1. The molecule has 1 heterocycles. The average Bonchev–Trinajstić information content (AvgIpc) is 2.46. The van der Waals surface area contributed by atoms with Gasteiger partial charge in [-0.15, -0.1) is 0 Å². The lowest BCUT2D eigenvalue weighted by Gasteiger charge is -2.31. The van der Waals surface area contributed by atoms with Crippen LogP contribution in [0.5, 0.6) is 0 Å². The molecular formula is C17H25NO2. The maximum absolute atomic E-state index is 11.2. The monoisotopic (exact) mass is 275 g/mol. The lowest BCUT2D eigenvalue weighted by atomic mass is 9.92. The number of carbonyl (C=O) groups is 1. The Balaban J connectivity index is 1.73.